The number of rotatable bonds is 20. The smallest absolute Gasteiger partial charge is 0.577 e. The molecule has 181 valence electrons. The van der Waals surface area contributed by atoms with Gasteiger partial charge in [0.1, 0.15) is 0 Å². The van der Waals surface area contributed by atoms with E-state index in [1.807, 2.05) is 6.29 Å². The van der Waals surface area contributed by atoms with Crippen LogP contribution in [-0.4, -0.2) is 39.7 Å². The van der Waals surface area contributed by atoms with Crippen LogP contribution in [0.1, 0.15) is 117 Å². The molecule has 0 N–H and O–H groups in total. The molecule has 0 amide bonds. The van der Waals surface area contributed by atoms with Crippen LogP contribution in [0.3, 0.4) is 0 Å². The predicted molar refractivity (Wildman–Crippen MR) is 131 cm³/mol. The van der Waals surface area contributed by atoms with E-state index in [1.165, 1.54) is 70.6 Å². The van der Waals surface area contributed by atoms with Crippen LogP contribution in [0.15, 0.2) is 0 Å². The van der Waals surface area contributed by atoms with E-state index < -0.39 is 0 Å². The van der Waals surface area contributed by atoms with Crippen molar-refractivity contribution in [3.05, 3.63) is 10.5 Å². The van der Waals surface area contributed by atoms with E-state index in [2.05, 4.69) is 20.8 Å². The summed E-state index contributed by atoms with van der Waals surface area (Å²) in [7, 11) is 7.58. The Morgan fingerprint density at radius 3 is 1.81 bits per heavy atom. The number of ether oxygens (including phenoxy) is 2. The third kappa shape index (κ3) is 37.3. The van der Waals surface area contributed by atoms with Crippen molar-refractivity contribution >= 4 is 19.4 Å². The third-order valence-electron chi connectivity index (χ3n) is 4.93. The molecule has 0 saturated carbocycles. The van der Waals surface area contributed by atoms with Crippen molar-refractivity contribution in [1.29, 1.82) is 0 Å². The van der Waals surface area contributed by atoms with Crippen LogP contribution in [0.4, 0.5) is 0 Å². The zero-order chi connectivity index (χ0) is 23.3. The summed E-state index contributed by atoms with van der Waals surface area (Å²) in [6.45, 7) is 8.00. The van der Waals surface area contributed by atoms with Crippen molar-refractivity contribution in [2.24, 2.45) is 5.92 Å². The van der Waals surface area contributed by atoms with Gasteiger partial charge in [0.05, 0.1) is 0 Å². The van der Waals surface area contributed by atoms with E-state index >= 15 is 0 Å². The van der Waals surface area contributed by atoms with Gasteiger partial charge in [-0.2, -0.15) is 0 Å². The van der Waals surface area contributed by atoms with E-state index in [1.54, 1.807) is 7.11 Å². The van der Waals surface area contributed by atoms with Gasteiger partial charge in [-0.3, -0.25) is 0 Å². The van der Waals surface area contributed by atoms with Crippen LogP contribution >= 0.6 is 0 Å². The molecule has 0 aromatic rings. The first-order valence-electron chi connectivity index (χ1n) is 11.9. The topological polar surface area (TPSA) is 74.9 Å². The van der Waals surface area contributed by atoms with E-state index in [4.69, 9.17) is 27.5 Å². The maximum atomic E-state index is 10.3. The molecule has 1 radical (unpaired) electrons. The Hall–Kier alpha value is -0.347. The molecular formula is C24H47BNO4W. The largest absolute Gasteiger partial charge is 2.00 e. The summed E-state index contributed by atoms with van der Waals surface area (Å²) in [4.78, 5) is 17.5. The van der Waals surface area contributed by atoms with Crippen molar-refractivity contribution in [2.45, 2.75) is 117 Å². The summed E-state index contributed by atoms with van der Waals surface area (Å²) in [6, 6.07) is 0. The second-order valence-electron chi connectivity index (χ2n) is 7.68. The van der Waals surface area contributed by atoms with Crippen LogP contribution in [-0.2, 0) is 35.3 Å². The molecule has 1 atom stereocenters. The molecule has 0 spiro atoms. The fourth-order valence-electron chi connectivity index (χ4n) is 2.84. The van der Waals surface area contributed by atoms with Gasteiger partial charge in [0.25, 0.3) is 0 Å². The number of nitroso groups, excluding NO2 is 1. The SMILES string of the molecule is CCCCCCCCOC.[B]=C(CCCCCCCC)OCC(CC)C[C-]=O.[N-]=O.[W+2]. The van der Waals surface area contributed by atoms with E-state index in [9.17, 15) is 4.79 Å². The number of carbonyl (C=O) groups excluding carboxylic acids is 1. The van der Waals surface area contributed by atoms with Crippen molar-refractivity contribution < 1.29 is 35.3 Å². The molecule has 0 heterocycles. The first kappa shape index (κ1) is 37.9. The van der Waals surface area contributed by atoms with E-state index in [-0.39, 0.29) is 27.0 Å². The zero-order valence-corrected chi connectivity index (χ0v) is 23.6. The molecule has 5 nitrogen and oxygen atoms in total. The van der Waals surface area contributed by atoms with Gasteiger partial charge in [-0.05, 0) is 6.42 Å². The van der Waals surface area contributed by atoms with Crippen LogP contribution in [0, 0.1) is 10.8 Å². The van der Waals surface area contributed by atoms with Gasteiger partial charge in [-0.15, -0.1) is 0 Å². The molecule has 0 aromatic heterocycles. The molecule has 0 bridgehead atoms. The summed E-state index contributed by atoms with van der Waals surface area (Å²) < 4.78 is 10.4. The van der Waals surface area contributed by atoms with Gasteiger partial charge in [-0.25, -0.2) is 0 Å². The first-order chi connectivity index (χ1) is 14.7. The van der Waals surface area contributed by atoms with Gasteiger partial charge in [-0.1, -0.05) is 39.0 Å². The Kier molecular flexibility index (Phi) is 45.3. The van der Waals surface area contributed by atoms with Gasteiger partial charge in [0.15, 0.2) is 0 Å². The zero-order valence-electron chi connectivity index (χ0n) is 20.7. The predicted octanol–water partition coefficient (Wildman–Crippen LogP) is 6.89. The van der Waals surface area contributed by atoms with E-state index in [0.717, 1.165) is 25.9 Å². The molecule has 1 unspecified atom stereocenters. The molecule has 0 aliphatic heterocycles. The van der Waals surface area contributed by atoms with Crippen LogP contribution in [0.2, 0.25) is 0 Å². The minimum atomic E-state index is 0. The number of nitrogens with zero attached hydrogens (tertiary/aromatic N) is 1. The van der Waals surface area contributed by atoms with Crippen LogP contribution in [0.25, 0.3) is 5.59 Å². The minimum absolute atomic E-state index is 0. The first-order valence-corrected chi connectivity index (χ1v) is 11.9. The van der Waals surface area contributed by atoms with Crippen LogP contribution < -0.4 is 0 Å². The number of methoxy groups -OCH3 is 1. The number of hydrogen-bond donors (Lipinski definition) is 0. The van der Waals surface area contributed by atoms with Crippen LogP contribution in [0.5, 0.6) is 0 Å². The molecule has 0 rings (SSSR count). The van der Waals surface area contributed by atoms with Crippen molar-refractivity contribution in [3.8, 4) is 0 Å². The van der Waals surface area contributed by atoms with Gasteiger partial charge >= 0.3 is 134 Å². The monoisotopic (exact) mass is 608 g/mol. The van der Waals surface area contributed by atoms with Gasteiger partial charge in [0.2, 0.25) is 0 Å². The number of hydrogen-bond acceptors (Lipinski definition) is 4. The minimum Gasteiger partial charge on any atom is -0.577 e. The molecule has 0 aromatic carbocycles. The summed E-state index contributed by atoms with van der Waals surface area (Å²) >= 11 is 0. The molecule has 31 heavy (non-hydrogen) atoms. The summed E-state index contributed by atoms with van der Waals surface area (Å²) in [6.07, 6.45) is 19.8. The Bertz CT molecular complexity index is 342. The Labute approximate surface area is 208 Å². The van der Waals surface area contributed by atoms with E-state index in [0.29, 0.717) is 18.7 Å². The maximum Gasteiger partial charge on any atom is 2.00 e. The van der Waals surface area contributed by atoms with Crippen molar-refractivity contribution in [3.63, 3.8) is 0 Å². The van der Waals surface area contributed by atoms with Gasteiger partial charge in [0, 0.05) is 13.7 Å². The van der Waals surface area contributed by atoms with Crippen molar-refractivity contribution in [2.75, 3.05) is 20.3 Å². The summed E-state index contributed by atoms with van der Waals surface area (Å²) in [5.74, 6) is 0.255. The fourth-order valence-corrected chi connectivity index (χ4v) is 2.84. The molecule has 0 aliphatic rings. The standard InChI is InChI=1S/C15H27BO2.C9H20O.NO.W/c1-3-5-6-7-8-9-10-15(16)18-13-14(4-2)11-12-17;1-3-4-5-6-7-8-9-10-2;1-2;/h14H,3-11,13H2,1-2H3;3-9H2,1-2H3;;/q-1;;-1;+2. The summed E-state index contributed by atoms with van der Waals surface area (Å²) in [5, 5.41) is 0. The molecule has 7 heteroatoms. The third-order valence-corrected chi connectivity index (χ3v) is 4.93. The molecule has 0 fully saturated rings. The quantitative estimate of drug-likeness (QED) is 0.0858. The molecule has 0 aliphatic carbocycles. The van der Waals surface area contributed by atoms with Gasteiger partial charge < -0.3 is 15.2 Å². The van der Waals surface area contributed by atoms with Crippen molar-refractivity contribution in [1.82, 2.24) is 0 Å². The average molecular weight is 608 g/mol. The number of unbranched alkanes of at least 4 members (excludes halogenated alkanes) is 10. The average Bonchev–Trinajstić information content (AvgIpc) is 2.78. The molecule has 0 saturated heterocycles. The fraction of sp³-hybridized carbons (Fsp3) is 0.917. The Balaban J connectivity index is -0.000000239. The normalized spacial score (nSPS) is 10.4. The second-order valence-corrected chi connectivity index (χ2v) is 7.68. The maximum absolute atomic E-state index is 10.3. The Morgan fingerprint density at radius 1 is 0.871 bits per heavy atom. The summed E-state index contributed by atoms with van der Waals surface area (Å²) in [5.41, 5.74) is 6.37. The molecular weight excluding hydrogens is 561 g/mol. The Morgan fingerprint density at radius 2 is 1.35 bits per heavy atom. The second kappa shape index (κ2) is 37.0.